The summed E-state index contributed by atoms with van der Waals surface area (Å²) in [4.78, 5) is 5.11. The van der Waals surface area contributed by atoms with E-state index in [0.717, 1.165) is 5.92 Å². The van der Waals surface area contributed by atoms with Gasteiger partial charge >= 0.3 is 0 Å². The summed E-state index contributed by atoms with van der Waals surface area (Å²) in [6.45, 7) is 11.7. The molecule has 2 unspecified atom stereocenters. The van der Waals surface area contributed by atoms with E-state index >= 15 is 0 Å². The van der Waals surface area contributed by atoms with Gasteiger partial charge in [0.15, 0.2) is 0 Å². The van der Waals surface area contributed by atoms with Crippen molar-refractivity contribution in [2.45, 2.75) is 46.3 Å². The molecule has 2 nitrogen and oxygen atoms in total. The van der Waals surface area contributed by atoms with E-state index in [2.05, 4.69) is 44.5 Å². The number of likely N-dealkylation sites (N-methyl/N-ethyl adjacent to an activating group) is 1. The number of hydrogen-bond donors (Lipinski definition) is 0. The first-order valence-corrected chi connectivity index (χ1v) is 5.54. The van der Waals surface area contributed by atoms with Gasteiger partial charge in [0.05, 0.1) is 6.17 Å². The molecule has 1 aliphatic heterocycles. The van der Waals surface area contributed by atoms with E-state index in [1.807, 2.05) is 0 Å². The van der Waals surface area contributed by atoms with Gasteiger partial charge in [0.1, 0.15) is 0 Å². The highest BCUT2D eigenvalue weighted by atomic mass is 15.4. The van der Waals surface area contributed by atoms with E-state index in [-0.39, 0.29) is 0 Å². The lowest BCUT2D eigenvalue weighted by Crippen LogP contribution is -2.44. The van der Waals surface area contributed by atoms with Crippen LogP contribution in [0, 0.1) is 5.92 Å². The third-order valence-corrected chi connectivity index (χ3v) is 3.32. The zero-order chi connectivity index (χ0) is 10.0. The first-order valence-electron chi connectivity index (χ1n) is 5.54. The standard InChI is InChI=1S/C11H24N2/c1-6-10(4)11-12(5)7-8-13(11)9(2)3/h9-11H,6-8H2,1-5H3. The molecule has 0 aromatic carbocycles. The molecular formula is C11H24N2. The van der Waals surface area contributed by atoms with E-state index in [4.69, 9.17) is 0 Å². The van der Waals surface area contributed by atoms with E-state index in [0.29, 0.717) is 12.2 Å². The van der Waals surface area contributed by atoms with E-state index in [1.165, 1.54) is 19.5 Å². The Morgan fingerprint density at radius 2 is 1.85 bits per heavy atom. The average molecular weight is 184 g/mol. The fourth-order valence-electron chi connectivity index (χ4n) is 2.33. The van der Waals surface area contributed by atoms with Crippen molar-refractivity contribution >= 4 is 0 Å². The second-order valence-corrected chi connectivity index (χ2v) is 4.61. The molecule has 1 saturated heterocycles. The third-order valence-electron chi connectivity index (χ3n) is 3.32. The lowest BCUT2D eigenvalue weighted by Gasteiger charge is -2.35. The summed E-state index contributed by atoms with van der Waals surface area (Å²) in [5.41, 5.74) is 0. The zero-order valence-corrected chi connectivity index (χ0v) is 9.75. The van der Waals surface area contributed by atoms with Crippen molar-refractivity contribution in [1.29, 1.82) is 0 Å². The Labute approximate surface area is 82.9 Å². The molecule has 1 heterocycles. The minimum atomic E-state index is 0.671. The van der Waals surface area contributed by atoms with Crippen LogP contribution in [0.3, 0.4) is 0 Å². The smallest absolute Gasteiger partial charge is 0.0649 e. The van der Waals surface area contributed by atoms with Crippen LogP contribution in [0.1, 0.15) is 34.1 Å². The van der Waals surface area contributed by atoms with Crippen LogP contribution in [-0.4, -0.2) is 42.1 Å². The largest absolute Gasteiger partial charge is 0.289 e. The molecule has 78 valence electrons. The normalized spacial score (nSPS) is 28.6. The molecule has 0 aromatic heterocycles. The Hall–Kier alpha value is -0.0800. The van der Waals surface area contributed by atoms with Gasteiger partial charge in [0.2, 0.25) is 0 Å². The van der Waals surface area contributed by atoms with Gasteiger partial charge in [-0.2, -0.15) is 0 Å². The molecule has 0 aromatic rings. The van der Waals surface area contributed by atoms with E-state index in [9.17, 15) is 0 Å². The van der Waals surface area contributed by atoms with Crippen molar-refractivity contribution in [3.8, 4) is 0 Å². The predicted molar refractivity (Wildman–Crippen MR) is 57.7 cm³/mol. The molecule has 0 saturated carbocycles. The maximum atomic E-state index is 2.62. The van der Waals surface area contributed by atoms with Crippen LogP contribution in [-0.2, 0) is 0 Å². The number of hydrogen-bond acceptors (Lipinski definition) is 2. The fourth-order valence-corrected chi connectivity index (χ4v) is 2.33. The SMILES string of the molecule is CCC(C)C1N(C)CCN1C(C)C. The second kappa shape index (κ2) is 4.43. The van der Waals surface area contributed by atoms with Gasteiger partial charge in [-0.3, -0.25) is 9.80 Å². The van der Waals surface area contributed by atoms with Crippen LogP contribution in [0.4, 0.5) is 0 Å². The van der Waals surface area contributed by atoms with Gasteiger partial charge in [-0.05, 0) is 26.8 Å². The molecule has 1 fully saturated rings. The van der Waals surface area contributed by atoms with Gasteiger partial charge in [-0.15, -0.1) is 0 Å². The van der Waals surface area contributed by atoms with Crippen LogP contribution in [0.25, 0.3) is 0 Å². The third kappa shape index (κ3) is 2.23. The van der Waals surface area contributed by atoms with Crippen molar-refractivity contribution in [1.82, 2.24) is 9.80 Å². The van der Waals surface area contributed by atoms with Gasteiger partial charge in [0, 0.05) is 19.1 Å². The summed E-state index contributed by atoms with van der Waals surface area (Å²) in [7, 11) is 2.25. The molecule has 0 N–H and O–H groups in total. The molecule has 1 rings (SSSR count). The van der Waals surface area contributed by atoms with Crippen LogP contribution in [0.5, 0.6) is 0 Å². The lowest BCUT2D eigenvalue weighted by atomic mass is 10.0. The summed E-state index contributed by atoms with van der Waals surface area (Å²) in [6.07, 6.45) is 1.95. The average Bonchev–Trinajstić information content (AvgIpc) is 2.46. The molecule has 2 heteroatoms. The molecule has 0 aliphatic carbocycles. The minimum Gasteiger partial charge on any atom is -0.289 e. The highest BCUT2D eigenvalue weighted by Gasteiger charge is 2.33. The summed E-state index contributed by atoms with van der Waals surface area (Å²) in [5, 5.41) is 0. The molecule has 2 atom stereocenters. The fraction of sp³-hybridized carbons (Fsp3) is 1.00. The van der Waals surface area contributed by atoms with Crippen molar-refractivity contribution in [3.63, 3.8) is 0 Å². The van der Waals surface area contributed by atoms with E-state index in [1.54, 1.807) is 0 Å². The first-order chi connectivity index (χ1) is 6.07. The maximum absolute atomic E-state index is 2.62. The zero-order valence-electron chi connectivity index (χ0n) is 9.75. The summed E-state index contributed by atoms with van der Waals surface area (Å²) >= 11 is 0. The molecule has 1 aliphatic rings. The highest BCUT2D eigenvalue weighted by molar-refractivity contribution is 4.84. The molecule has 13 heavy (non-hydrogen) atoms. The molecule has 0 amide bonds. The summed E-state index contributed by atoms with van der Waals surface area (Å²) in [6, 6.07) is 0.684. The van der Waals surface area contributed by atoms with Crippen molar-refractivity contribution in [2.24, 2.45) is 5.92 Å². The Bertz CT molecular complexity index is 156. The quantitative estimate of drug-likeness (QED) is 0.662. The van der Waals surface area contributed by atoms with Crippen LogP contribution < -0.4 is 0 Å². The Kier molecular flexibility index (Phi) is 3.74. The second-order valence-electron chi connectivity index (χ2n) is 4.61. The Balaban J connectivity index is 2.65. The predicted octanol–water partition coefficient (Wildman–Crippen LogP) is 2.01. The minimum absolute atomic E-state index is 0.671. The number of rotatable bonds is 3. The lowest BCUT2D eigenvalue weighted by molar-refractivity contribution is 0.0784. The monoisotopic (exact) mass is 184 g/mol. The molecule has 0 bridgehead atoms. The number of nitrogens with zero attached hydrogens (tertiary/aromatic N) is 2. The van der Waals surface area contributed by atoms with Crippen molar-refractivity contribution < 1.29 is 0 Å². The highest BCUT2D eigenvalue weighted by Crippen LogP contribution is 2.24. The summed E-state index contributed by atoms with van der Waals surface area (Å²) in [5.74, 6) is 0.787. The topological polar surface area (TPSA) is 6.48 Å². The van der Waals surface area contributed by atoms with Gasteiger partial charge in [-0.1, -0.05) is 20.3 Å². The van der Waals surface area contributed by atoms with Crippen LogP contribution in [0.2, 0.25) is 0 Å². The van der Waals surface area contributed by atoms with Gasteiger partial charge in [0.25, 0.3) is 0 Å². The Morgan fingerprint density at radius 3 is 2.31 bits per heavy atom. The van der Waals surface area contributed by atoms with Crippen LogP contribution in [0.15, 0.2) is 0 Å². The molecule has 0 radical (unpaired) electrons. The first kappa shape index (κ1) is 11.0. The Morgan fingerprint density at radius 1 is 1.23 bits per heavy atom. The van der Waals surface area contributed by atoms with Gasteiger partial charge < -0.3 is 0 Å². The van der Waals surface area contributed by atoms with Crippen molar-refractivity contribution in [2.75, 3.05) is 20.1 Å². The van der Waals surface area contributed by atoms with E-state index < -0.39 is 0 Å². The van der Waals surface area contributed by atoms with Crippen LogP contribution >= 0.6 is 0 Å². The van der Waals surface area contributed by atoms with Gasteiger partial charge in [-0.25, -0.2) is 0 Å². The molecule has 0 spiro atoms. The van der Waals surface area contributed by atoms with Crippen molar-refractivity contribution in [3.05, 3.63) is 0 Å². The molecular weight excluding hydrogens is 160 g/mol. The summed E-state index contributed by atoms with van der Waals surface area (Å²) < 4.78 is 0. The maximum Gasteiger partial charge on any atom is 0.0649 e.